The minimum absolute atomic E-state index is 0.0812. The van der Waals surface area contributed by atoms with Crippen LogP contribution in [-0.4, -0.2) is 25.8 Å². The summed E-state index contributed by atoms with van der Waals surface area (Å²) < 4.78 is 34.2. The van der Waals surface area contributed by atoms with Crippen LogP contribution in [-0.2, 0) is 11.2 Å². The molecule has 21 heavy (non-hydrogen) atoms. The van der Waals surface area contributed by atoms with Crippen molar-refractivity contribution >= 4 is 15.9 Å². The first-order valence-electron chi connectivity index (χ1n) is 7.13. The molecule has 5 heteroatoms. The van der Waals surface area contributed by atoms with Gasteiger partial charge < -0.3 is 10.1 Å². The van der Waals surface area contributed by atoms with Crippen LogP contribution in [0.5, 0.6) is 0 Å². The molecule has 0 amide bonds. The molecule has 0 aliphatic carbocycles. The van der Waals surface area contributed by atoms with Crippen LogP contribution >= 0.6 is 15.9 Å². The summed E-state index contributed by atoms with van der Waals surface area (Å²) in [6.07, 6.45) is 0.0838. The molecule has 0 fully saturated rings. The SMILES string of the molecule is CCOC(C(Cc1c(F)ccc(Br)c1F)NC)C(C)(C)C. The van der Waals surface area contributed by atoms with E-state index in [-0.39, 0.29) is 34.0 Å². The molecule has 0 aliphatic heterocycles. The molecule has 1 N–H and O–H groups in total. The molecule has 1 aromatic rings. The zero-order chi connectivity index (χ0) is 16.2. The van der Waals surface area contributed by atoms with Crippen LogP contribution in [0, 0.1) is 17.0 Å². The molecule has 2 nitrogen and oxygen atoms in total. The van der Waals surface area contributed by atoms with Gasteiger partial charge in [-0.2, -0.15) is 0 Å². The lowest BCUT2D eigenvalue weighted by molar-refractivity contribution is -0.0343. The number of hydrogen-bond donors (Lipinski definition) is 1. The minimum atomic E-state index is -0.542. The van der Waals surface area contributed by atoms with Crippen molar-refractivity contribution in [3.8, 4) is 0 Å². The molecule has 1 rings (SSSR count). The fraction of sp³-hybridized carbons (Fsp3) is 0.625. The van der Waals surface area contributed by atoms with Crippen LogP contribution in [0.15, 0.2) is 16.6 Å². The summed E-state index contributed by atoms with van der Waals surface area (Å²) in [4.78, 5) is 0. The summed E-state index contributed by atoms with van der Waals surface area (Å²) >= 11 is 3.11. The summed E-state index contributed by atoms with van der Waals surface area (Å²) in [5.41, 5.74) is -0.0551. The maximum atomic E-state index is 14.1. The highest BCUT2D eigenvalue weighted by Gasteiger charge is 2.33. The summed E-state index contributed by atoms with van der Waals surface area (Å²) in [6, 6.07) is 2.48. The highest BCUT2D eigenvalue weighted by Crippen LogP contribution is 2.29. The predicted molar refractivity (Wildman–Crippen MR) is 85.5 cm³/mol. The van der Waals surface area contributed by atoms with E-state index in [9.17, 15) is 8.78 Å². The van der Waals surface area contributed by atoms with Crippen molar-refractivity contribution in [3.05, 3.63) is 33.8 Å². The van der Waals surface area contributed by atoms with Gasteiger partial charge in [0.2, 0.25) is 0 Å². The van der Waals surface area contributed by atoms with Gasteiger partial charge in [0.05, 0.1) is 10.6 Å². The topological polar surface area (TPSA) is 21.3 Å². The second-order valence-corrected chi connectivity index (χ2v) is 7.02. The largest absolute Gasteiger partial charge is 0.376 e. The van der Waals surface area contributed by atoms with Crippen molar-refractivity contribution in [3.63, 3.8) is 0 Å². The van der Waals surface area contributed by atoms with Gasteiger partial charge >= 0.3 is 0 Å². The molecule has 0 bridgehead atoms. The van der Waals surface area contributed by atoms with Gasteiger partial charge in [-0.1, -0.05) is 20.8 Å². The Hall–Kier alpha value is -0.520. The summed E-state index contributed by atoms with van der Waals surface area (Å²) in [5.74, 6) is -1.07. The number of likely N-dealkylation sites (N-methyl/N-ethyl adjacent to an activating group) is 1. The molecule has 2 unspecified atom stereocenters. The quantitative estimate of drug-likeness (QED) is 0.760. The van der Waals surface area contributed by atoms with Crippen LogP contribution in [0.4, 0.5) is 8.78 Å². The molecule has 0 saturated heterocycles. The van der Waals surface area contributed by atoms with Crippen molar-refractivity contribution in [2.75, 3.05) is 13.7 Å². The summed E-state index contributed by atoms with van der Waals surface area (Å²) in [5, 5.41) is 3.14. The first-order valence-corrected chi connectivity index (χ1v) is 7.92. The van der Waals surface area contributed by atoms with Crippen molar-refractivity contribution in [2.45, 2.75) is 46.3 Å². The molecule has 2 atom stereocenters. The number of halogens is 3. The third-order valence-corrected chi connectivity index (χ3v) is 4.11. The van der Waals surface area contributed by atoms with Crippen LogP contribution in [0.2, 0.25) is 0 Å². The second kappa shape index (κ2) is 7.65. The molecular formula is C16H24BrF2NO. The molecule has 0 aliphatic rings. The van der Waals surface area contributed by atoms with Gasteiger partial charge in [-0.25, -0.2) is 8.78 Å². The summed E-state index contributed by atoms with van der Waals surface area (Å²) in [7, 11) is 1.79. The normalized spacial score (nSPS) is 15.0. The Balaban J connectivity index is 3.09. The summed E-state index contributed by atoms with van der Waals surface area (Å²) in [6.45, 7) is 8.66. The number of rotatable bonds is 6. The molecule has 0 spiro atoms. The van der Waals surface area contributed by atoms with Gasteiger partial charge in [0.1, 0.15) is 11.6 Å². The number of ether oxygens (including phenoxy) is 1. The molecule has 0 aromatic heterocycles. The standard InChI is InChI=1S/C16H24BrF2NO/c1-6-21-15(16(2,3)4)13(20-5)9-10-12(18)8-7-11(17)14(10)19/h7-8,13,15,20H,6,9H2,1-5H3. The van der Waals surface area contributed by atoms with E-state index in [1.807, 2.05) is 6.92 Å². The Bertz CT molecular complexity index is 474. The van der Waals surface area contributed by atoms with Crippen LogP contribution < -0.4 is 5.32 Å². The molecule has 1 aromatic carbocycles. The average molecular weight is 364 g/mol. The van der Waals surface area contributed by atoms with Gasteiger partial charge in [0, 0.05) is 18.2 Å². The van der Waals surface area contributed by atoms with Crippen molar-refractivity contribution < 1.29 is 13.5 Å². The Morgan fingerprint density at radius 1 is 1.29 bits per heavy atom. The van der Waals surface area contributed by atoms with E-state index < -0.39 is 11.6 Å². The van der Waals surface area contributed by atoms with Crippen LogP contribution in [0.25, 0.3) is 0 Å². The zero-order valence-corrected chi connectivity index (χ0v) is 14.9. The Morgan fingerprint density at radius 3 is 2.38 bits per heavy atom. The molecule has 0 heterocycles. The Labute approximate surface area is 134 Å². The van der Waals surface area contributed by atoms with Crippen LogP contribution in [0.3, 0.4) is 0 Å². The van der Waals surface area contributed by atoms with E-state index in [1.54, 1.807) is 7.05 Å². The first kappa shape index (κ1) is 18.5. The minimum Gasteiger partial charge on any atom is -0.376 e. The van der Waals surface area contributed by atoms with Gasteiger partial charge in [0.15, 0.2) is 0 Å². The molecule has 0 radical (unpaired) electrons. The van der Waals surface area contributed by atoms with E-state index in [1.165, 1.54) is 12.1 Å². The molecular weight excluding hydrogens is 340 g/mol. The fourth-order valence-corrected chi connectivity index (χ4v) is 2.86. The predicted octanol–water partition coefficient (Wildman–Crippen LogP) is 4.31. The Kier molecular flexibility index (Phi) is 6.75. The first-order chi connectivity index (χ1) is 9.72. The fourth-order valence-electron chi connectivity index (χ4n) is 2.49. The third-order valence-electron chi connectivity index (χ3n) is 3.50. The number of nitrogens with one attached hydrogen (secondary N) is 1. The van der Waals surface area contributed by atoms with Crippen molar-refractivity contribution in [1.82, 2.24) is 5.32 Å². The lowest BCUT2D eigenvalue weighted by atomic mass is 9.82. The zero-order valence-electron chi connectivity index (χ0n) is 13.3. The van der Waals surface area contributed by atoms with E-state index in [0.717, 1.165) is 0 Å². The van der Waals surface area contributed by atoms with Crippen LogP contribution in [0.1, 0.15) is 33.3 Å². The maximum Gasteiger partial charge on any atom is 0.143 e. The average Bonchev–Trinajstić information content (AvgIpc) is 2.40. The Morgan fingerprint density at radius 2 is 1.90 bits per heavy atom. The smallest absolute Gasteiger partial charge is 0.143 e. The van der Waals surface area contributed by atoms with Gasteiger partial charge in [-0.05, 0) is 53.9 Å². The van der Waals surface area contributed by atoms with Crippen molar-refractivity contribution in [2.24, 2.45) is 5.41 Å². The lowest BCUT2D eigenvalue weighted by Gasteiger charge is -2.37. The maximum absolute atomic E-state index is 14.1. The highest BCUT2D eigenvalue weighted by atomic mass is 79.9. The van der Waals surface area contributed by atoms with Gasteiger partial charge in [-0.15, -0.1) is 0 Å². The second-order valence-electron chi connectivity index (χ2n) is 6.16. The van der Waals surface area contributed by atoms with E-state index in [0.29, 0.717) is 6.61 Å². The number of hydrogen-bond acceptors (Lipinski definition) is 2. The van der Waals surface area contributed by atoms with E-state index in [4.69, 9.17) is 4.74 Å². The van der Waals surface area contributed by atoms with E-state index >= 15 is 0 Å². The molecule has 120 valence electrons. The lowest BCUT2D eigenvalue weighted by Crippen LogP contribution is -2.48. The monoisotopic (exact) mass is 363 g/mol. The highest BCUT2D eigenvalue weighted by molar-refractivity contribution is 9.10. The van der Waals surface area contributed by atoms with Crippen molar-refractivity contribution in [1.29, 1.82) is 0 Å². The van der Waals surface area contributed by atoms with Gasteiger partial charge in [0.25, 0.3) is 0 Å². The number of benzene rings is 1. The van der Waals surface area contributed by atoms with Gasteiger partial charge in [-0.3, -0.25) is 0 Å². The molecule has 0 saturated carbocycles. The van der Waals surface area contributed by atoms with E-state index in [2.05, 4.69) is 42.0 Å². The third kappa shape index (κ3) is 4.73.